The highest BCUT2D eigenvalue weighted by atomic mass is 32.2. The van der Waals surface area contributed by atoms with Gasteiger partial charge < -0.3 is 18.6 Å². The van der Waals surface area contributed by atoms with Crippen LogP contribution in [0.4, 0.5) is 0 Å². The van der Waals surface area contributed by atoms with Crippen LogP contribution in [0.5, 0.6) is 11.5 Å². The molecular weight excluding hydrogens is 400 g/mol. The number of benzene rings is 1. The topological polar surface area (TPSA) is 75.2 Å². The Morgan fingerprint density at radius 2 is 1.90 bits per heavy atom. The van der Waals surface area contributed by atoms with Gasteiger partial charge in [-0.1, -0.05) is 36.2 Å². The molecule has 0 amide bonds. The standard InChI is InChI=1S/C22H28N4O3S/c1-14-15(2)26(16-8-6-5-7-9-16)22(23-14)30-13-20-24-21(25-29-20)18-11-10-17(27-3)12-19(18)28-4/h10-12,16H,5-9,13H2,1-4H3. The number of hydrogen-bond donors (Lipinski definition) is 0. The highest BCUT2D eigenvalue weighted by Gasteiger charge is 2.23. The molecule has 0 aliphatic heterocycles. The number of aryl methyl sites for hydroxylation is 1. The predicted molar refractivity (Wildman–Crippen MR) is 116 cm³/mol. The van der Waals surface area contributed by atoms with Crippen LogP contribution in [-0.2, 0) is 5.75 Å². The molecule has 160 valence electrons. The molecule has 0 radical (unpaired) electrons. The lowest BCUT2D eigenvalue weighted by molar-refractivity contribution is 0.332. The van der Waals surface area contributed by atoms with Gasteiger partial charge in [0.2, 0.25) is 11.7 Å². The van der Waals surface area contributed by atoms with Crippen LogP contribution >= 0.6 is 11.8 Å². The van der Waals surface area contributed by atoms with Crippen molar-refractivity contribution in [2.24, 2.45) is 0 Å². The van der Waals surface area contributed by atoms with E-state index in [9.17, 15) is 0 Å². The minimum absolute atomic E-state index is 0.507. The van der Waals surface area contributed by atoms with E-state index in [1.54, 1.807) is 26.0 Å². The normalized spacial score (nSPS) is 14.8. The zero-order valence-corrected chi connectivity index (χ0v) is 18.8. The molecule has 1 fully saturated rings. The van der Waals surface area contributed by atoms with Gasteiger partial charge in [-0.2, -0.15) is 4.98 Å². The highest BCUT2D eigenvalue weighted by Crippen LogP contribution is 2.36. The molecule has 30 heavy (non-hydrogen) atoms. The fraction of sp³-hybridized carbons (Fsp3) is 0.500. The Morgan fingerprint density at radius 1 is 1.10 bits per heavy atom. The quantitative estimate of drug-likeness (QED) is 0.469. The highest BCUT2D eigenvalue weighted by molar-refractivity contribution is 7.98. The number of imidazole rings is 1. The number of nitrogens with zero attached hydrogens (tertiary/aromatic N) is 4. The predicted octanol–water partition coefficient (Wildman–Crippen LogP) is 5.36. The number of aromatic nitrogens is 4. The maximum atomic E-state index is 5.51. The first-order valence-electron chi connectivity index (χ1n) is 10.3. The maximum absolute atomic E-state index is 5.51. The molecule has 7 nitrogen and oxygen atoms in total. The third kappa shape index (κ3) is 4.19. The van der Waals surface area contributed by atoms with Gasteiger partial charge in [0.05, 0.1) is 31.2 Å². The van der Waals surface area contributed by atoms with Crippen LogP contribution < -0.4 is 9.47 Å². The molecule has 0 unspecified atom stereocenters. The minimum atomic E-state index is 0.507. The molecule has 0 bridgehead atoms. The van der Waals surface area contributed by atoms with Crippen molar-refractivity contribution in [1.82, 2.24) is 19.7 Å². The van der Waals surface area contributed by atoms with Gasteiger partial charge in [0, 0.05) is 17.8 Å². The lowest BCUT2D eigenvalue weighted by atomic mass is 9.95. The summed E-state index contributed by atoms with van der Waals surface area (Å²) in [7, 11) is 3.24. The fourth-order valence-electron chi connectivity index (χ4n) is 4.00. The van der Waals surface area contributed by atoms with E-state index >= 15 is 0 Å². The lowest BCUT2D eigenvalue weighted by Crippen LogP contribution is -2.15. The molecule has 2 aromatic heterocycles. The van der Waals surface area contributed by atoms with E-state index in [0.717, 1.165) is 22.2 Å². The minimum Gasteiger partial charge on any atom is -0.497 e. The van der Waals surface area contributed by atoms with Gasteiger partial charge in [0.25, 0.3) is 0 Å². The van der Waals surface area contributed by atoms with Crippen molar-refractivity contribution < 1.29 is 14.0 Å². The van der Waals surface area contributed by atoms with E-state index in [2.05, 4.69) is 28.6 Å². The Morgan fingerprint density at radius 3 is 2.63 bits per heavy atom. The largest absolute Gasteiger partial charge is 0.497 e. The van der Waals surface area contributed by atoms with Crippen LogP contribution in [0.1, 0.15) is 55.4 Å². The molecule has 1 aliphatic rings. The Bertz CT molecular complexity index is 1010. The van der Waals surface area contributed by atoms with E-state index in [4.69, 9.17) is 19.0 Å². The molecule has 0 saturated heterocycles. The van der Waals surface area contributed by atoms with Crippen LogP contribution in [0, 0.1) is 13.8 Å². The number of ether oxygens (including phenoxy) is 2. The van der Waals surface area contributed by atoms with Crippen molar-refractivity contribution >= 4 is 11.8 Å². The second-order valence-electron chi connectivity index (χ2n) is 7.59. The second kappa shape index (κ2) is 9.12. The number of rotatable bonds is 7. The van der Waals surface area contributed by atoms with Crippen molar-refractivity contribution in [2.45, 2.75) is 62.9 Å². The summed E-state index contributed by atoms with van der Waals surface area (Å²) in [5.74, 6) is 3.02. The van der Waals surface area contributed by atoms with E-state index in [1.807, 2.05) is 18.2 Å². The van der Waals surface area contributed by atoms with Gasteiger partial charge in [-0.25, -0.2) is 4.98 Å². The summed E-state index contributed by atoms with van der Waals surface area (Å²) in [5, 5.41) is 5.19. The Balaban J connectivity index is 1.51. The average Bonchev–Trinajstić information content (AvgIpc) is 3.36. The van der Waals surface area contributed by atoms with E-state index in [-0.39, 0.29) is 0 Å². The first kappa shape index (κ1) is 20.8. The second-order valence-corrected chi connectivity index (χ2v) is 8.54. The van der Waals surface area contributed by atoms with Gasteiger partial charge in [-0.15, -0.1) is 0 Å². The van der Waals surface area contributed by atoms with Gasteiger partial charge in [-0.3, -0.25) is 0 Å². The zero-order chi connectivity index (χ0) is 21.1. The van der Waals surface area contributed by atoms with Crippen molar-refractivity contribution in [3.05, 3.63) is 35.5 Å². The van der Waals surface area contributed by atoms with Gasteiger partial charge in [0.15, 0.2) is 5.16 Å². The van der Waals surface area contributed by atoms with Crippen LogP contribution in [-0.4, -0.2) is 33.9 Å². The number of hydrogen-bond acceptors (Lipinski definition) is 7. The van der Waals surface area contributed by atoms with Crippen molar-refractivity contribution in [1.29, 1.82) is 0 Å². The average molecular weight is 429 g/mol. The zero-order valence-electron chi connectivity index (χ0n) is 18.0. The maximum Gasteiger partial charge on any atom is 0.237 e. The van der Waals surface area contributed by atoms with Crippen molar-refractivity contribution in [3.8, 4) is 22.9 Å². The molecular formula is C22H28N4O3S. The Kier molecular flexibility index (Phi) is 6.32. The number of thioether (sulfide) groups is 1. The molecule has 8 heteroatoms. The summed E-state index contributed by atoms with van der Waals surface area (Å²) in [4.78, 5) is 9.39. The summed E-state index contributed by atoms with van der Waals surface area (Å²) < 4.78 is 18.6. The summed E-state index contributed by atoms with van der Waals surface area (Å²) in [6, 6.07) is 6.09. The monoisotopic (exact) mass is 428 g/mol. The Labute approximate surface area is 181 Å². The van der Waals surface area contributed by atoms with E-state index < -0.39 is 0 Å². The summed E-state index contributed by atoms with van der Waals surface area (Å²) >= 11 is 1.66. The van der Waals surface area contributed by atoms with Gasteiger partial charge in [-0.05, 0) is 38.8 Å². The van der Waals surface area contributed by atoms with E-state index in [1.165, 1.54) is 37.8 Å². The third-order valence-corrected chi connectivity index (χ3v) is 6.67. The molecule has 1 saturated carbocycles. The van der Waals surface area contributed by atoms with Crippen LogP contribution in [0.3, 0.4) is 0 Å². The molecule has 0 atom stereocenters. The van der Waals surface area contributed by atoms with Gasteiger partial charge >= 0.3 is 0 Å². The Hall–Kier alpha value is -2.48. The summed E-state index contributed by atoms with van der Waals surface area (Å²) in [5.41, 5.74) is 3.13. The van der Waals surface area contributed by atoms with Gasteiger partial charge in [0.1, 0.15) is 11.5 Å². The SMILES string of the molecule is COc1ccc(-c2noc(CSc3nc(C)c(C)n3C3CCCCC3)n2)c(OC)c1. The first-order valence-corrected chi connectivity index (χ1v) is 11.3. The molecule has 2 heterocycles. The molecule has 1 aromatic carbocycles. The molecule has 0 spiro atoms. The molecule has 4 rings (SSSR count). The molecule has 3 aromatic rings. The summed E-state index contributed by atoms with van der Waals surface area (Å²) in [6.07, 6.45) is 6.38. The third-order valence-electron chi connectivity index (χ3n) is 5.74. The van der Waals surface area contributed by atoms with E-state index in [0.29, 0.717) is 29.3 Å². The first-order chi connectivity index (χ1) is 14.6. The van der Waals surface area contributed by atoms with Crippen molar-refractivity contribution in [2.75, 3.05) is 14.2 Å². The van der Waals surface area contributed by atoms with Crippen LogP contribution in [0.15, 0.2) is 27.9 Å². The molecule has 1 aliphatic carbocycles. The van der Waals surface area contributed by atoms with Crippen LogP contribution in [0.25, 0.3) is 11.4 Å². The smallest absolute Gasteiger partial charge is 0.237 e. The number of methoxy groups -OCH3 is 2. The summed E-state index contributed by atoms with van der Waals surface area (Å²) in [6.45, 7) is 4.25. The van der Waals surface area contributed by atoms with Crippen LogP contribution in [0.2, 0.25) is 0 Å². The fourth-order valence-corrected chi connectivity index (χ4v) is 5.00. The molecule has 0 N–H and O–H groups in total. The van der Waals surface area contributed by atoms with Crippen molar-refractivity contribution in [3.63, 3.8) is 0 Å². The lowest BCUT2D eigenvalue weighted by Gasteiger charge is -2.25.